The van der Waals surface area contributed by atoms with Crippen molar-refractivity contribution in [2.75, 3.05) is 16.3 Å². The number of anilines is 4. The van der Waals surface area contributed by atoms with Crippen molar-refractivity contribution in [3.63, 3.8) is 0 Å². The molecule has 1 fully saturated rings. The zero-order valence-electron chi connectivity index (χ0n) is 36.1. The van der Waals surface area contributed by atoms with Crippen LogP contribution in [0.2, 0.25) is 0 Å². The van der Waals surface area contributed by atoms with E-state index in [4.69, 9.17) is 0 Å². The maximum Gasteiger partial charge on any atom is 0.0678 e. The second kappa shape index (κ2) is 18.7. The summed E-state index contributed by atoms with van der Waals surface area (Å²) in [6, 6.07) is 61.6. The molecule has 0 aliphatic heterocycles. The summed E-state index contributed by atoms with van der Waals surface area (Å²) < 4.78 is 0. The lowest BCUT2D eigenvalue weighted by Crippen LogP contribution is -2.39. The van der Waals surface area contributed by atoms with Crippen molar-refractivity contribution in [1.29, 1.82) is 0 Å². The molecule has 9 rings (SSSR count). The minimum absolute atomic E-state index is 0.166. The van der Waals surface area contributed by atoms with E-state index >= 15 is 0 Å². The number of fused-ring (bicyclic) bond motifs is 2. The van der Waals surface area contributed by atoms with Gasteiger partial charge >= 0.3 is 0 Å². The number of rotatable bonds is 15. The quantitative estimate of drug-likeness (QED) is 0.0754. The number of hydrogen-bond acceptors (Lipinski definition) is 2. The molecule has 0 spiro atoms. The summed E-state index contributed by atoms with van der Waals surface area (Å²) in [5, 5.41) is 0. The van der Waals surface area contributed by atoms with Gasteiger partial charge in [0.05, 0.1) is 11.5 Å². The third-order valence-electron chi connectivity index (χ3n) is 13.5. The average molecular weight is 797 g/mol. The van der Waals surface area contributed by atoms with Gasteiger partial charge in [0.2, 0.25) is 0 Å². The third kappa shape index (κ3) is 8.09. The van der Waals surface area contributed by atoms with E-state index in [0.29, 0.717) is 5.92 Å². The SMILES string of the molecule is C/C=C\C(=C/CN(c1ccccc1)C1C=CC2=C(C1)C(c1ccccc1)(c1ccccc1)c1cc(N(c3ccccc3)c3cccc(C4CCCC4)c3)ccc12)CCCCC. The Balaban J connectivity index is 1.19. The zero-order valence-corrected chi connectivity index (χ0v) is 36.1. The zero-order chi connectivity index (χ0) is 41.4. The standard InChI is InChI=1S/C59H60N2/c1-3-5-10-23-45(22-4-2)40-41-60(50-31-15-8-16-32-50)52-36-38-55-56-39-37-54(61(51-33-17-9-18-34-51)53-35-21-26-47(42-53)46-24-19-20-25-46)44-58(56)59(57(55)43-52,48-27-11-6-12-28-48)49-29-13-7-14-30-49/h4,6-9,11-18,21-22,26-40,42,44,46,52H,3,5,10,19-20,23-25,41,43H2,1-2H3/b22-4-,45-40+. The first-order valence-electron chi connectivity index (χ1n) is 23.0. The predicted molar refractivity (Wildman–Crippen MR) is 260 cm³/mol. The van der Waals surface area contributed by atoms with Gasteiger partial charge in [-0.15, -0.1) is 0 Å². The van der Waals surface area contributed by atoms with Gasteiger partial charge in [-0.25, -0.2) is 0 Å². The molecule has 1 saturated carbocycles. The highest BCUT2D eigenvalue weighted by Crippen LogP contribution is 2.58. The van der Waals surface area contributed by atoms with Crippen molar-refractivity contribution in [1.82, 2.24) is 0 Å². The van der Waals surface area contributed by atoms with Crippen molar-refractivity contribution < 1.29 is 0 Å². The number of nitrogens with zero attached hydrogens (tertiary/aromatic N) is 2. The van der Waals surface area contributed by atoms with Gasteiger partial charge in [0.15, 0.2) is 0 Å². The minimum atomic E-state index is -0.491. The molecule has 2 heteroatoms. The van der Waals surface area contributed by atoms with Crippen LogP contribution in [-0.2, 0) is 5.41 Å². The molecule has 2 nitrogen and oxygen atoms in total. The van der Waals surface area contributed by atoms with E-state index < -0.39 is 5.41 Å². The van der Waals surface area contributed by atoms with Gasteiger partial charge in [-0.3, -0.25) is 0 Å². The molecule has 0 heterocycles. The van der Waals surface area contributed by atoms with Crippen molar-refractivity contribution in [3.05, 3.63) is 233 Å². The molecule has 1 atom stereocenters. The molecule has 0 N–H and O–H groups in total. The van der Waals surface area contributed by atoms with Crippen molar-refractivity contribution in [2.45, 2.75) is 89.0 Å². The van der Waals surface area contributed by atoms with Crippen LogP contribution in [-0.4, -0.2) is 12.6 Å². The molecule has 306 valence electrons. The Kier molecular flexibility index (Phi) is 12.3. The van der Waals surface area contributed by atoms with Crippen LogP contribution in [0.1, 0.15) is 105 Å². The third-order valence-corrected chi connectivity index (χ3v) is 13.5. The molecule has 0 saturated heterocycles. The summed E-state index contributed by atoms with van der Waals surface area (Å²) in [6.07, 6.45) is 22.9. The van der Waals surface area contributed by atoms with Crippen LogP contribution in [0.5, 0.6) is 0 Å². The largest absolute Gasteiger partial charge is 0.361 e. The Labute approximate surface area is 365 Å². The Morgan fingerprint density at radius 1 is 0.656 bits per heavy atom. The van der Waals surface area contributed by atoms with E-state index in [0.717, 1.165) is 19.4 Å². The van der Waals surface area contributed by atoms with E-state index in [1.807, 2.05) is 0 Å². The minimum Gasteiger partial charge on any atom is -0.361 e. The Morgan fingerprint density at radius 3 is 1.93 bits per heavy atom. The lowest BCUT2D eigenvalue weighted by atomic mass is 9.65. The summed E-state index contributed by atoms with van der Waals surface area (Å²) in [5.41, 5.74) is 15.4. The summed E-state index contributed by atoms with van der Waals surface area (Å²) >= 11 is 0. The lowest BCUT2D eigenvalue weighted by molar-refractivity contribution is 0.631. The highest BCUT2D eigenvalue weighted by Gasteiger charge is 2.49. The Bertz CT molecular complexity index is 2470. The molecule has 3 aliphatic rings. The molecule has 0 radical (unpaired) electrons. The van der Waals surface area contributed by atoms with Crippen LogP contribution >= 0.6 is 0 Å². The van der Waals surface area contributed by atoms with Crippen molar-refractivity contribution >= 4 is 28.3 Å². The summed E-state index contributed by atoms with van der Waals surface area (Å²) in [4.78, 5) is 5.12. The van der Waals surface area contributed by atoms with Gasteiger partial charge in [-0.1, -0.05) is 184 Å². The molecule has 3 aliphatic carbocycles. The summed E-state index contributed by atoms with van der Waals surface area (Å²) in [6.45, 7) is 5.28. The number of allylic oxidation sites excluding steroid dienone is 5. The second-order valence-electron chi connectivity index (χ2n) is 17.2. The first-order valence-corrected chi connectivity index (χ1v) is 23.0. The predicted octanol–water partition coefficient (Wildman–Crippen LogP) is 15.8. The van der Waals surface area contributed by atoms with Gasteiger partial charge in [0.1, 0.15) is 0 Å². The van der Waals surface area contributed by atoms with E-state index in [9.17, 15) is 0 Å². The number of para-hydroxylation sites is 2. The summed E-state index contributed by atoms with van der Waals surface area (Å²) in [7, 11) is 0. The molecule has 1 unspecified atom stereocenters. The highest BCUT2D eigenvalue weighted by atomic mass is 15.2. The molecule has 61 heavy (non-hydrogen) atoms. The van der Waals surface area contributed by atoms with Gasteiger partial charge in [-0.2, -0.15) is 0 Å². The lowest BCUT2D eigenvalue weighted by Gasteiger charge is -2.40. The topological polar surface area (TPSA) is 6.48 Å². The normalized spacial score (nSPS) is 17.1. The maximum absolute atomic E-state index is 2.63. The second-order valence-corrected chi connectivity index (χ2v) is 17.2. The van der Waals surface area contributed by atoms with Gasteiger partial charge in [-0.05, 0) is 132 Å². The van der Waals surface area contributed by atoms with E-state index in [-0.39, 0.29) is 6.04 Å². The van der Waals surface area contributed by atoms with Gasteiger partial charge < -0.3 is 9.80 Å². The van der Waals surface area contributed by atoms with E-state index in [1.54, 1.807) is 0 Å². The highest BCUT2D eigenvalue weighted by molar-refractivity contribution is 5.93. The first kappa shape index (κ1) is 40.3. The number of hydrogen-bond donors (Lipinski definition) is 0. The smallest absolute Gasteiger partial charge is 0.0678 e. The molecule has 0 aromatic heterocycles. The maximum atomic E-state index is 2.63. The van der Waals surface area contributed by atoms with Crippen LogP contribution in [0.3, 0.4) is 0 Å². The van der Waals surface area contributed by atoms with E-state index in [2.05, 4.69) is 218 Å². The number of unbranched alkanes of at least 4 members (excludes halogenated alkanes) is 2. The van der Waals surface area contributed by atoms with Crippen LogP contribution in [0.15, 0.2) is 205 Å². The molecule has 0 amide bonds. The van der Waals surface area contributed by atoms with Crippen LogP contribution in [0.25, 0.3) is 5.57 Å². The molecular weight excluding hydrogens is 737 g/mol. The number of benzene rings is 6. The average Bonchev–Trinajstić information content (AvgIpc) is 3.97. The monoisotopic (exact) mass is 796 g/mol. The fourth-order valence-corrected chi connectivity index (χ4v) is 10.6. The fourth-order valence-electron chi connectivity index (χ4n) is 10.6. The summed E-state index contributed by atoms with van der Waals surface area (Å²) in [5.74, 6) is 0.638. The Hall–Kier alpha value is -6.12. The fraction of sp³-hybridized carbons (Fsp3) is 0.254. The van der Waals surface area contributed by atoms with Gasteiger partial charge in [0, 0.05) is 29.3 Å². The van der Waals surface area contributed by atoms with E-state index in [1.165, 1.54) is 112 Å². The van der Waals surface area contributed by atoms with Crippen molar-refractivity contribution in [2.24, 2.45) is 0 Å². The Morgan fingerprint density at radius 2 is 1.28 bits per heavy atom. The first-order chi connectivity index (χ1) is 30.2. The van der Waals surface area contributed by atoms with Crippen LogP contribution in [0.4, 0.5) is 22.7 Å². The van der Waals surface area contributed by atoms with Crippen molar-refractivity contribution in [3.8, 4) is 0 Å². The van der Waals surface area contributed by atoms with Crippen LogP contribution in [0, 0.1) is 0 Å². The van der Waals surface area contributed by atoms with Gasteiger partial charge in [0.25, 0.3) is 0 Å². The molecule has 6 aromatic carbocycles. The molecule has 6 aromatic rings. The molecule has 0 bridgehead atoms. The van der Waals surface area contributed by atoms with Crippen LogP contribution < -0.4 is 9.80 Å². The molecular formula is C59H60N2.